The first kappa shape index (κ1) is 26.9. The molecule has 2 aromatic carbocycles. The van der Waals surface area contributed by atoms with E-state index >= 15 is 0 Å². The summed E-state index contributed by atoms with van der Waals surface area (Å²) >= 11 is 0. The zero-order valence-electron chi connectivity index (χ0n) is 20.9. The van der Waals surface area contributed by atoms with Gasteiger partial charge in [-0.25, -0.2) is 9.48 Å². The normalized spacial score (nSPS) is 13.7. The summed E-state index contributed by atoms with van der Waals surface area (Å²) in [6.07, 6.45) is -3.04. The number of hydrogen-bond acceptors (Lipinski definition) is 6. The fourth-order valence-corrected chi connectivity index (χ4v) is 4.52. The van der Waals surface area contributed by atoms with E-state index in [1.54, 1.807) is 24.0 Å². The zero-order valence-corrected chi connectivity index (χ0v) is 20.9. The van der Waals surface area contributed by atoms with E-state index in [2.05, 4.69) is 15.2 Å². The second-order valence-electron chi connectivity index (χ2n) is 9.02. The quantitative estimate of drug-likeness (QED) is 0.328. The molecule has 0 saturated heterocycles. The molecule has 0 aliphatic carbocycles. The van der Waals surface area contributed by atoms with Gasteiger partial charge in [-0.3, -0.25) is 4.79 Å². The number of aromatic nitrogens is 2. The smallest absolute Gasteiger partial charge is 0.436 e. The number of nitrogens with one attached hydrogen (secondary N) is 1. The highest BCUT2D eigenvalue weighted by Gasteiger charge is 2.44. The first-order valence-corrected chi connectivity index (χ1v) is 12.1. The Labute approximate surface area is 217 Å². The molecule has 0 fully saturated rings. The van der Waals surface area contributed by atoms with Crippen molar-refractivity contribution in [3.63, 3.8) is 0 Å². The lowest BCUT2D eigenvalue weighted by atomic mass is 10.0. The number of fused-ring (bicyclic) bond motifs is 1. The van der Waals surface area contributed by atoms with Crippen LogP contribution in [0.15, 0.2) is 48.5 Å². The second kappa shape index (κ2) is 11.1. The maximum Gasteiger partial charge on any atom is 0.436 e. The number of aryl methyl sites for hydroxylation is 1. The molecule has 0 saturated carbocycles. The number of amides is 1. The van der Waals surface area contributed by atoms with Gasteiger partial charge in [0.1, 0.15) is 17.7 Å². The minimum absolute atomic E-state index is 0.112. The highest BCUT2D eigenvalue weighted by molar-refractivity contribution is 6.01. The van der Waals surface area contributed by atoms with Crippen molar-refractivity contribution in [2.75, 3.05) is 18.6 Å². The number of aldehydes is 1. The van der Waals surface area contributed by atoms with Crippen molar-refractivity contribution in [2.24, 2.45) is 0 Å². The molecule has 1 aliphatic heterocycles. The molecule has 8 nitrogen and oxygen atoms in total. The van der Waals surface area contributed by atoms with E-state index in [-0.39, 0.29) is 18.9 Å². The van der Waals surface area contributed by atoms with Crippen LogP contribution in [0.1, 0.15) is 62.5 Å². The number of halogens is 3. The molecule has 1 amide bonds. The number of anilines is 1. The van der Waals surface area contributed by atoms with Gasteiger partial charge in [0.2, 0.25) is 0 Å². The Kier molecular flexibility index (Phi) is 7.84. The third-order valence-corrected chi connectivity index (χ3v) is 6.40. The van der Waals surface area contributed by atoms with Gasteiger partial charge in [0.05, 0.1) is 25.3 Å². The Morgan fingerprint density at radius 1 is 1.13 bits per heavy atom. The zero-order chi connectivity index (χ0) is 27.4. The number of benzene rings is 2. The minimum atomic E-state index is -4.82. The molecule has 11 heteroatoms. The average molecular weight is 529 g/mol. The highest BCUT2D eigenvalue weighted by atomic mass is 19.4. The number of hydrogen-bond donors (Lipinski definition) is 1. The molecule has 1 aromatic heterocycles. The summed E-state index contributed by atoms with van der Waals surface area (Å²) in [5.74, 6) is -1.30. The van der Waals surface area contributed by atoms with Crippen molar-refractivity contribution in [1.29, 1.82) is 0 Å². The molecule has 38 heavy (non-hydrogen) atoms. The standard InChI is InChI=1S/C27H27F3N4O4/c1-17(20-8-10-21(11-9-20)26(37)38-2)31-24(36)22-23(27(28,29)30)32-34-13-12-33(25(22)34)16-19-6-3-5-18(15-19)7-4-14-35/h3,5-6,8-11,14-15,17H,4,7,12-13,16H2,1-2H3,(H,31,36)/t17-/m0/s1. The van der Waals surface area contributed by atoms with Gasteiger partial charge in [0.15, 0.2) is 5.69 Å². The number of methoxy groups -OCH3 is 1. The average Bonchev–Trinajstić information content (AvgIpc) is 3.47. The SMILES string of the molecule is COC(=O)c1ccc([C@H](C)NC(=O)c2c(C(F)(F)F)nn3c2N(Cc2cccc(CCC=O)c2)CC3)cc1. The number of esters is 1. The van der Waals surface area contributed by atoms with Crippen LogP contribution < -0.4 is 10.2 Å². The fraction of sp³-hybridized carbons (Fsp3) is 0.333. The number of rotatable bonds is 9. The van der Waals surface area contributed by atoms with E-state index in [4.69, 9.17) is 0 Å². The van der Waals surface area contributed by atoms with E-state index in [1.165, 1.54) is 23.9 Å². The van der Waals surface area contributed by atoms with Crippen LogP contribution >= 0.6 is 0 Å². The van der Waals surface area contributed by atoms with E-state index < -0.39 is 35.4 Å². The first-order chi connectivity index (χ1) is 18.1. The van der Waals surface area contributed by atoms with E-state index in [9.17, 15) is 27.6 Å². The van der Waals surface area contributed by atoms with Crippen molar-refractivity contribution >= 4 is 24.0 Å². The summed E-state index contributed by atoms with van der Waals surface area (Å²) in [5, 5.41) is 6.40. The minimum Gasteiger partial charge on any atom is -0.465 e. The highest BCUT2D eigenvalue weighted by Crippen LogP contribution is 2.38. The summed E-state index contributed by atoms with van der Waals surface area (Å²) in [6.45, 7) is 2.53. The molecule has 2 heterocycles. The van der Waals surface area contributed by atoms with Crippen LogP contribution in [0.25, 0.3) is 0 Å². The van der Waals surface area contributed by atoms with Gasteiger partial charge in [-0.1, -0.05) is 36.4 Å². The molecule has 3 aromatic rings. The van der Waals surface area contributed by atoms with Gasteiger partial charge in [-0.15, -0.1) is 0 Å². The number of ether oxygens (including phenoxy) is 1. The van der Waals surface area contributed by atoms with Gasteiger partial charge >= 0.3 is 12.1 Å². The third kappa shape index (κ3) is 5.71. The van der Waals surface area contributed by atoms with E-state index in [0.717, 1.165) is 17.4 Å². The Bertz CT molecular complexity index is 1340. The number of nitrogens with zero attached hydrogens (tertiary/aromatic N) is 3. The summed E-state index contributed by atoms with van der Waals surface area (Å²) in [7, 11) is 1.26. The molecule has 0 spiro atoms. The molecule has 1 N–H and O–H groups in total. The van der Waals surface area contributed by atoms with Gasteiger partial charge in [0, 0.05) is 19.5 Å². The van der Waals surface area contributed by atoms with Crippen molar-refractivity contribution in [3.8, 4) is 0 Å². The van der Waals surface area contributed by atoms with Crippen LogP contribution in [0, 0.1) is 0 Å². The van der Waals surface area contributed by atoms with Crippen LogP contribution in [0.4, 0.5) is 19.0 Å². The summed E-state index contributed by atoms with van der Waals surface area (Å²) < 4.78 is 47.8. The van der Waals surface area contributed by atoms with Gasteiger partial charge < -0.3 is 19.7 Å². The largest absolute Gasteiger partial charge is 0.465 e. The van der Waals surface area contributed by atoms with Crippen molar-refractivity contribution in [3.05, 3.63) is 82.0 Å². The number of alkyl halides is 3. The van der Waals surface area contributed by atoms with Crippen LogP contribution in [-0.4, -0.2) is 41.6 Å². The van der Waals surface area contributed by atoms with Crippen molar-refractivity contribution < 1.29 is 32.3 Å². The lowest BCUT2D eigenvalue weighted by Gasteiger charge is -2.21. The fourth-order valence-electron chi connectivity index (χ4n) is 4.52. The van der Waals surface area contributed by atoms with Gasteiger partial charge in [0.25, 0.3) is 5.91 Å². The summed E-state index contributed by atoms with van der Waals surface area (Å²) in [4.78, 5) is 37.4. The molecule has 4 rings (SSSR count). The molecule has 0 bridgehead atoms. The topological polar surface area (TPSA) is 93.5 Å². The third-order valence-electron chi connectivity index (χ3n) is 6.40. The Hall–Kier alpha value is -4.15. The molecule has 1 aliphatic rings. The monoisotopic (exact) mass is 528 g/mol. The predicted molar refractivity (Wildman–Crippen MR) is 133 cm³/mol. The number of carbonyl (C=O) groups is 3. The maximum atomic E-state index is 14.0. The molecular weight excluding hydrogens is 501 g/mol. The lowest BCUT2D eigenvalue weighted by molar-refractivity contribution is -0.141. The predicted octanol–water partition coefficient (Wildman–Crippen LogP) is 4.33. The Morgan fingerprint density at radius 2 is 1.84 bits per heavy atom. The van der Waals surface area contributed by atoms with E-state index in [1.807, 2.05) is 24.3 Å². The lowest BCUT2D eigenvalue weighted by Crippen LogP contribution is -2.31. The van der Waals surface area contributed by atoms with Crippen molar-refractivity contribution in [2.45, 2.75) is 45.1 Å². The molecule has 0 unspecified atom stereocenters. The van der Waals surface area contributed by atoms with Gasteiger partial charge in [-0.2, -0.15) is 18.3 Å². The summed E-state index contributed by atoms with van der Waals surface area (Å²) in [6, 6.07) is 13.1. The van der Waals surface area contributed by atoms with Gasteiger partial charge in [-0.05, 0) is 42.2 Å². The van der Waals surface area contributed by atoms with Crippen LogP contribution in [0.3, 0.4) is 0 Å². The number of carbonyl (C=O) groups excluding carboxylic acids is 3. The molecule has 0 radical (unpaired) electrons. The van der Waals surface area contributed by atoms with Crippen LogP contribution in [-0.2, 0) is 35.2 Å². The van der Waals surface area contributed by atoms with Crippen LogP contribution in [0.2, 0.25) is 0 Å². The first-order valence-electron chi connectivity index (χ1n) is 12.1. The Morgan fingerprint density at radius 3 is 2.50 bits per heavy atom. The maximum absolute atomic E-state index is 14.0. The van der Waals surface area contributed by atoms with Crippen LogP contribution in [0.5, 0.6) is 0 Å². The van der Waals surface area contributed by atoms with Crippen molar-refractivity contribution in [1.82, 2.24) is 15.1 Å². The molecule has 200 valence electrons. The molecule has 1 atom stereocenters. The summed E-state index contributed by atoms with van der Waals surface area (Å²) in [5.41, 5.74) is 0.958. The molecular formula is C27H27F3N4O4. The second-order valence-corrected chi connectivity index (χ2v) is 9.02. The Balaban J connectivity index is 1.60. The van der Waals surface area contributed by atoms with E-state index in [0.29, 0.717) is 30.5 Å².